The number of hydrogen-bond donors (Lipinski definition) is 1. The van der Waals surface area contributed by atoms with Crippen LogP contribution in [0.1, 0.15) is 12.8 Å². The summed E-state index contributed by atoms with van der Waals surface area (Å²) in [5.74, 6) is 0.687. The predicted molar refractivity (Wildman–Crippen MR) is 49.7 cm³/mol. The van der Waals surface area contributed by atoms with E-state index in [9.17, 15) is 4.79 Å². The molecule has 0 aromatic heterocycles. The fraction of sp³-hybridized carbons (Fsp3) is 0.750. The molecule has 2 saturated heterocycles. The summed E-state index contributed by atoms with van der Waals surface area (Å²) in [7, 11) is 0. The lowest BCUT2D eigenvalue weighted by Crippen LogP contribution is -2.53. The molecular formula is C8H11N3OS. The molecule has 2 fully saturated rings. The minimum Gasteiger partial charge on any atom is -0.320 e. The third kappa shape index (κ3) is 1.30. The summed E-state index contributed by atoms with van der Waals surface area (Å²) >= 11 is 1.69. The Hall–Kier alpha value is -0.730. The van der Waals surface area contributed by atoms with E-state index in [1.54, 1.807) is 16.7 Å². The summed E-state index contributed by atoms with van der Waals surface area (Å²) in [6, 6.07) is 1.50. The first-order valence-corrected chi connectivity index (χ1v) is 5.38. The molecule has 2 N–H and O–H groups in total. The lowest BCUT2D eigenvalue weighted by Gasteiger charge is -2.33. The third-order valence-corrected chi connectivity index (χ3v) is 3.89. The Morgan fingerprint density at radius 3 is 3.08 bits per heavy atom. The van der Waals surface area contributed by atoms with Gasteiger partial charge < -0.3 is 10.6 Å². The largest absolute Gasteiger partial charge is 0.320 e. The molecule has 0 bridgehead atoms. The van der Waals surface area contributed by atoms with E-state index >= 15 is 0 Å². The van der Waals surface area contributed by atoms with Gasteiger partial charge in [0.2, 0.25) is 5.91 Å². The van der Waals surface area contributed by atoms with Crippen LogP contribution in [0.15, 0.2) is 0 Å². The van der Waals surface area contributed by atoms with E-state index in [0.29, 0.717) is 0 Å². The van der Waals surface area contributed by atoms with Crippen LogP contribution in [-0.4, -0.2) is 34.0 Å². The van der Waals surface area contributed by atoms with Gasteiger partial charge in [0.05, 0.1) is 17.5 Å². The highest BCUT2D eigenvalue weighted by Crippen LogP contribution is 2.35. The number of amides is 1. The molecule has 0 unspecified atom stereocenters. The van der Waals surface area contributed by atoms with Gasteiger partial charge in [-0.1, -0.05) is 0 Å². The molecule has 1 amide bonds. The molecule has 0 radical (unpaired) electrons. The average molecular weight is 197 g/mol. The summed E-state index contributed by atoms with van der Waals surface area (Å²) in [6.07, 6.45) is 1.68. The lowest BCUT2D eigenvalue weighted by molar-refractivity contribution is -0.136. The van der Waals surface area contributed by atoms with Gasteiger partial charge >= 0.3 is 0 Å². The van der Waals surface area contributed by atoms with Crippen molar-refractivity contribution in [1.29, 1.82) is 5.26 Å². The van der Waals surface area contributed by atoms with E-state index in [4.69, 9.17) is 11.0 Å². The molecule has 2 heterocycles. The molecule has 0 aliphatic carbocycles. The Morgan fingerprint density at radius 1 is 1.62 bits per heavy atom. The number of nitrogens with zero attached hydrogens (tertiary/aromatic N) is 2. The zero-order valence-corrected chi connectivity index (χ0v) is 7.96. The summed E-state index contributed by atoms with van der Waals surface area (Å²) in [5, 5.41) is 9.02. The monoisotopic (exact) mass is 197 g/mol. The quantitative estimate of drug-likeness (QED) is 0.588. The maximum atomic E-state index is 11.6. The number of thioether (sulfide) groups is 1. The highest BCUT2D eigenvalue weighted by atomic mass is 32.2. The van der Waals surface area contributed by atoms with Crippen molar-refractivity contribution in [3.8, 4) is 6.07 Å². The Kier molecular flexibility index (Phi) is 2.18. The predicted octanol–water partition coefficient (Wildman–Crippen LogP) is -0.0988. The van der Waals surface area contributed by atoms with Gasteiger partial charge in [-0.3, -0.25) is 4.79 Å². The van der Waals surface area contributed by atoms with Gasteiger partial charge in [0.25, 0.3) is 0 Å². The van der Waals surface area contributed by atoms with Crippen LogP contribution in [0.5, 0.6) is 0 Å². The van der Waals surface area contributed by atoms with Crippen molar-refractivity contribution < 1.29 is 4.79 Å². The van der Waals surface area contributed by atoms with Crippen LogP contribution < -0.4 is 5.73 Å². The summed E-state index contributed by atoms with van der Waals surface area (Å²) < 4.78 is 0. The molecule has 0 spiro atoms. The molecule has 2 rings (SSSR count). The van der Waals surface area contributed by atoms with Crippen molar-refractivity contribution in [2.45, 2.75) is 30.3 Å². The summed E-state index contributed by atoms with van der Waals surface area (Å²) in [4.78, 5) is 13.3. The van der Waals surface area contributed by atoms with Crippen molar-refractivity contribution in [3.05, 3.63) is 0 Å². The van der Waals surface area contributed by atoms with E-state index in [-0.39, 0.29) is 23.4 Å². The Balaban J connectivity index is 2.20. The maximum absolute atomic E-state index is 11.6. The van der Waals surface area contributed by atoms with Crippen molar-refractivity contribution in [3.63, 3.8) is 0 Å². The summed E-state index contributed by atoms with van der Waals surface area (Å²) in [6.45, 7) is 0. The molecule has 70 valence electrons. The minimum absolute atomic E-state index is 0.0483. The zero-order chi connectivity index (χ0) is 9.42. The number of hydrogen-bond acceptors (Lipinski definition) is 4. The molecular weight excluding hydrogens is 186 g/mol. The third-order valence-electron chi connectivity index (χ3n) is 2.54. The number of piperidine rings is 1. The van der Waals surface area contributed by atoms with E-state index in [1.165, 1.54) is 0 Å². The van der Waals surface area contributed by atoms with Crippen LogP contribution in [-0.2, 0) is 4.79 Å². The fourth-order valence-electron chi connectivity index (χ4n) is 1.82. The van der Waals surface area contributed by atoms with Gasteiger partial charge in [-0.15, -0.1) is 11.8 Å². The Bertz CT molecular complexity index is 275. The van der Waals surface area contributed by atoms with Gasteiger partial charge in [-0.2, -0.15) is 5.26 Å². The molecule has 2 aliphatic rings. The smallest absolute Gasteiger partial charge is 0.241 e. The number of fused-ring (bicyclic) bond motifs is 1. The van der Waals surface area contributed by atoms with Crippen LogP contribution in [0.3, 0.4) is 0 Å². The first kappa shape index (κ1) is 8.85. The van der Waals surface area contributed by atoms with Crippen molar-refractivity contribution in [1.82, 2.24) is 4.90 Å². The maximum Gasteiger partial charge on any atom is 0.241 e. The van der Waals surface area contributed by atoms with Crippen LogP contribution in [0.4, 0.5) is 0 Å². The van der Waals surface area contributed by atoms with Crippen LogP contribution in [0.2, 0.25) is 0 Å². The van der Waals surface area contributed by atoms with Crippen LogP contribution >= 0.6 is 11.8 Å². The minimum atomic E-state index is -0.384. The molecule has 3 atom stereocenters. The van der Waals surface area contributed by atoms with Gasteiger partial charge in [-0.05, 0) is 12.8 Å². The van der Waals surface area contributed by atoms with Crippen molar-refractivity contribution in [2.24, 2.45) is 5.73 Å². The van der Waals surface area contributed by atoms with Gasteiger partial charge in [0.1, 0.15) is 6.04 Å². The van der Waals surface area contributed by atoms with E-state index in [1.807, 2.05) is 0 Å². The van der Waals surface area contributed by atoms with Gasteiger partial charge in [0.15, 0.2) is 0 Å². The highest BCUT2D eigenvalue weighted by Gasteiger charge is 2.42. The zero-order valence-electron chi connectivity index (χ0n) is 7.14. The number of nitriles is 1. The lowest BCUT2D eigenvalue weighted by atomic mass is 10.0. The molecule has 0 aromatic rings. The van der Waals surface area contributed by atoms with Crippen LogP contribution in [0.25, 0.3) is 0 Å². The summed E-state index contributed by atoms with van der Waals surface area (Å²) in [5.41, 5.74) is 5.64. The first-order chi connectivity index (χ1) is 6.24. The highest BCUT2D eigenvalue weighted by molar-refractivity contribution is 8.00. The molecule has 13 heavy (non-hydrogen) atoms. The van der Waals surface area contributed by atoms with E-state index < -0.39 is 0 Å². The van der Waals surface area contributed by atoms with Gasteiger partial charge in [0, 0.05) is 5.75 Å². The Morgan fingerprint density at radius 2 is 2.38 bits per heavy atom. The van der Waals surface area contributed by atoms with Gasteiger partial charge in [-0.25, -0.2) is 0 Å². The second-order valence-electron chi connectivity index (χ2n) is 3.36. The Labute approximate surface area is 81.1 Å². The fourth-order valence-corrected chi connectivity index (χ4v) is 3.17. The van der Waals surface area contributed by atoms with Crippen molar-refractivity contribution >= 4 is 17.7 Å². The molecule has 5 heteroatoms. The second kappa shape index (κ2) is 3.20. The van der Waals surface area contributed by atoms with Crippen LogP contribution in [0, 0.1) is 11.3 Å². The standard InChI is InChI=1S/C8H11N3OS/c9-3-5-4-13-7-2-1-6(10)8(12)11(5)7/h5-7H,1-2,4,10H2/t5-,6+,7+/m1/s1. The number of carbonyl (C=O) groups excluding carboxylic acids is 1. The first-order valence-electron chi connectivity index (χ1n) is 4.33. The molecule has 4 nitrogen and oxygen atoms in total. The second-order valence-corrected chi connectivity index (χ2v) is 4.57. The average Bonchev–Trinajstić information content (AvgIpc) is 2.55. The number of nitrogens with two attached hydrogens (primary N) is 1. The number of rotatable bonds is 0. The molecule has 0 aromatic carbocycles. The van der Waals surface area contributed by atoms with E-state index in [0.717, 1.165) is 18.6 Å². The molecule has 0 saturated carbocycles. The van der Waals surface area contributed by atoms with Crippen molar-refractivity contribution in [2.75, 3.05) is 5.75 Å². The SMILES string of the molecule is N#C[C@@H]1CS[C@H]2CC[C@H](N)C(=O)N12. The van der Waals surface area contributed by atoms with E-state index in [2.05, 4.69) is 6.07 Å². The molecule has 2 aliphatic heterocycles. The topological polar surface area (TPSA) is 70.1 Å². The number of carbonyl (C=O) groups is 1. The normalized spacial score (nSPS) is 38.6.